The van der Waals surface area contributed by atoms with Crippen molar-refractivity contribution in [2.24, 2.45) is 11.8 Å². The lowest BCUT2D eigenvalue weighted by molar-refractivity contribution is -0.137. The second-order valence-corrected chi connectivity index (χ2v) is 7.57. The van der Waals surface area contributed by atoms with E-state index in [9.17, 15) is 4.79 Å². The van der Waals surface area contributed by atoms with Gasteiger partial charge in [0.15, 0.2) is 0 Å². The predicted octanol–water partition coefficient (Wildman–Crippen LogP) is 4.97. The number of allylic oxidation sites excluding steroid dienone is 2. The number of ether oxygens (including phenoxy) is 2. The Kier molecular flexibility index (Phi) is 9.56. The van der Waals surface area contributed by atoms with Gasteiger partial charge < -0.3 is 14.6 Å². The minimum absolute atomic E-state index is 0.264. The van der Waals surface area contributed by atoms with Crippen molar-refractivity contribution in [1.82, 2.24) is 0 Å². The molecule has 2 bridgehead atoms. The van der Waals surface area contributed by atoms with E-state index in [0.29, 0.717) is 24.0 Å². The highest BCUT2D eigenvalue weighted by Crippen LogP contribution is 2.46. The molecule has 4 heteroatoms. The van der Waals surface area contributed by atoms with E-state index in [-0.39, 0.29) is 6.42 Å². The molecule has 2 aliphatic rings. The second-order valence-electron chi connectivity index (χ2n) is 7.57. The summed E-state index contributed by atoms with van der Waals surface area (Å²) in [5, 5.41) is 8.66. The lowest BCUT2D eigenvalue weighted by Gasteiger charge is -2.27. The normalized spacial score (nSPS) is 28.2. The summed E-state index contributed by atoms with van der Waals surface area (Å²) in [5.74, 6) is 0.556. The maximum atomic E-state index is 10.5. The fourth-order valence-electron chi connectivity index (χ4n) is 4.29. The molecule has 0 unspecified atom stereocenters. The molecule has 0 saturated carbocycles. The third-order valence-corrected chi connectivity index (χ3v) is 5.66. The number of unbranched alkanes of at least 4 members (excludes halogenated alkanes) is 4. The topological polar surface area (TPSA) is 55.8 Å². The molecule has 2 saturated heterocycles. The lowest BCUT2D eigenvalue weighted by Crippen LogP contribution is -2.28. The SMILES string of the molecule is CCCCCCOCC[C@@H]1[C@@H](CC=CCCCC(=O)O)[C@H]2CC[C@@H]1O2. The Labute approximate surface area is 153 Å². The first kappa shape index (κ1) is 20.4. The molecule has 1 N–H and O–H groups in total. The monoisotopic (exact) mass is 352 g/mol. The Morgan fingerprint density at radius 1 is 1.08 bits per heavy atom. The first-order chi connectivity index (χ1) is 12.2. The number of rotatable bonds is 14. The molecule has 144 valence electrons. The van der Waals surface area contributed by atoms with E-state index in [2.05, 4.69) is 19.1 Å². The summed E-state index contributed by atoms with van der Waals surface area (Å²) in [6, 6.07) is 0. The summed E-state index contributed by atoms with van der Waals surface area (Å²) in [6.07, 6.45) is 16.8. The zero-order chi connectivity index (χ0) is 17.9. The van der Waals surface area contributed by atoms with Gasteiger partial charge in [0, 0.05) is 19.6 Å². The van der Waals surface area contributed by atoms with Crippen LogP contribution in [0.25, 0.3) is 0 Å². The third kappa shape index (κ3) is 7.10. The molecule has 0 amide bonds. The summed E-state index contributed by atoms with van der Waals surface area (Å²) in [4.78, 5) is 10.5. The van der Waals surface area contributed by atoms with Gasteiger partial charge in [0.1, 0.15) is 0 Å². The van der Waals surface area contributed by atoms with E-state index >= 15 is 0 Å². The van der Waals surface area contributed by atoms with Crippen molar-refractivity contribution in [3.8, 4) is 0 Å². The number of carboxylic acids is 1. The number of fused-ring (bicyclic) bond motifs is 2. The van der Waals surface area contributed by atoms with Crippen molar-refractivity contribution in [2.75, 3.05) is 13.2 Å². The Balaban J connectivity index is 1.63. The largest absolute Gasteiger partial charge is 0.481 e. The smallest absolute Gasteiger partial charge is 0.303 e. The zero-order valence-corrected chi connectivity index (χ0v) is 15.8. The minimum Gasteiger partial charge on any atom is -0.481 e. The highest BCUT2D eigenvalue weighted by atomic mass is 16.5. The number of carboxylic acid groups (broad SMARTS) is 1. The summed E-state index contributed by atoms with van der Waals surface area (Å²) in [6.45, 7) is 3.99. The first-order valence-electron chi connectivity index (χ1n) is 10.3. The molecule has 2 aliphatic heterocycles. The number of aliphatic carboxylic acids is 1. The molecule has 4 nitrogen and oxygen atoms in total. The van der Waals surface area contributed by atoms with Crippen molar-refractivity contribution in [3.05, 3.63) is 12.2 Å². The van der Waals surface area contributed by atoms with Gasteiger partial charge in [0.2, 0.25) is 0 Å². The Hall–Kier alpha value is -0.870. The standard InChI is InChI=1S/C21H36O4/c1-2-3-4-9-15-24-16-14-18-17(19-12-13-20(18)25-19)10-7-5-6-8-11-21(22)23/h5,7,17-20H,2-4,6,8-16H2,1H3,(H,22,23)/t17-,18-,19-,20+/m1/s1. The summed E-state index contributed by atoms with van der Waals surface area (Å²) < 4.78 is 12.0. The highest BCUT2D eigenvalue weighted by molar-refractivity contribution is 5.66. The number of hydrogen-bond acceptors (Lipinski definition) is 3. The molecule has 2 fully saturated rings. The van der Waals surface area contributed by atoms with Crippen LogP contribution >= 0.6 is 0 Å². The van der Waals surface area contributed by atoms with Crippen LogP contribution in [0.15, 0.2) is 12.2 Å². The van der Waals surface area contributed by atoms with E-state index in [1.54, 1.807) is 0 Å². The molecule has 4 atom stereocenters. The van der Waals surface area contributed by atoms with Gasteiger partial charge >= 0.3 is 5.97 Å². The minimum atomic E-state index is -0.704. The number of hydrogen-bond donors (Lipinski definition) is 1. The fourth-order valence-corrected chi connectivity index (χ4v) is 4.29. The van der Waals surface area contributed by atoms with Gasteiger partial charge in [-0.1, -0.05) is 38.3 Å². The van der Waals surface area contributed by atoms with Crippen LogP contribution in [0.2, 0.25) is 0 Å². The van der Waals surface area contributed by atoms with Crippen LogP contribution in [0.5, 0.6) is 0 Å². The highest BCUT2D eigenvalue weighted by Gasteiger charge is 2.47. The van der Waals surface area contributed by atoms with Gasteiger partial charge in [-0.05, 0) is 56.8 Å². The van der Waals surface area contributed by atoms with Crippen molar-refractivity contribution < 1.29 is 19.4 Å². The van der Waals surface area contributed by atoms with Gasteiger partial charge in [-0.25, -0.2) is 0 Å². The molecule has 0 spiro atoms. The molecule has 0 aromatic heterocycles. The lowest BCUT2D eigenvalue weighted by atomic mass is 9.76. The molecule has 0 radical (unpaired) electrons. The molecule has 0 aliphatic carbocycles. The summed E-state index contributed by atoms with van der Waals surface area (Å²) in [5.41, 5.74) is 0. The fraction of sp³-hybridized carbons (Fsp3) is 0.857. The maximum absolute atomic E-state index is 10.5. The van der Waals surface area contributed by atoms with Crippen molar-refractivity contribution in [3.63, 3.8) is 0 Å². The van der Waals surface area contributed by atoms with E-state index in [1.165, 1.54) is 38.5 Å². The van der Waals surface area contributed by atoms with Gasteiger partial charge in [-0.15, -0.1) is 0 Å². The first-order valence-corrected chi connectivity index (χ1v) is 10.3. The van der Waals surface area contributed by atoms with E-state index in [4.69, 9.17) is 14.6 Å². The van der Waals surface area contributed by atoms with Crippen molar-refractivity contribution in [2.45, 2.75) is 89.8 Å². The molecular weight excluding hydrogens is 316 g/mol. The van der Waals surface area contributed by atoms with Crippen molar-refractivity contribution in [1.29, 1.82) is 0 Å². The second kappa shape index (κ2) is 11.7. The predicted molar refractivity (Wildman–Crippen MR) is 99.7 cm³/mol. The average Bonchev–Trinajstić information content (AvgIpc) is 3.19. The van der Waals surface area contributed by atoms with E-state index < -0.39 is 5.97 Å². The molecule has 2 rings (SSSR count). The summed E-state index contributed by atoms with van der Waals surface area (Å²) >= 11 is 0. The Morgan fingerprint density at radius 2 is 1.88 bits per heavy atom. The molecule has 0 aromatic carbocycles. The molecular formula is C21H36O4. The van der Waals surface area contributed by atoms with Crippen LogP contribution in [-0.4, -0.2) is 36.5 Å². The van der Waals surface area contributed by atoms with Crippen molar-refractivity contribution >= 4 is 5.97 Å². The Morgan fingerprint density at radius 3 is 2.64 bits per heavy atom. The quantitative estimate of drug-likeness (QED) is 0.354. The molecule has 25 heavy (non-hydrogen) atoms. The third-order valence-electron chi connectivity index (χ3n) is 5.66. The molecule has 0 aromatic rings. The van der Waals surface area contributed by atoms with Crippen LogP contribution in [-0.2, 0) is 14.3 Å². The Bertz CT molecular complexity index is 407. The molecule has 2 heterocycles. The van der Waals surface area contributed by atoms with E-state index in [1.807, 2.05) is 0 Å². The van der Waals surface area contributed by atoms with Gasteiger partial charge in [0.05, 0.1) is 12.2 Å². The number of carbonyl (C=O) groups is 1. The average molecular weight is 353 g/mol. The van der Waals surface area contributed by atoms with Gasteiger partial charge in [-0.3, -0.25) is 4.79 Å². The van der Waals surface area contributed by atoms with E-state index in [0.717, 1.165) is 38.9 Å². The summed E-state index contributed by atoms with van der Waals surface area (Å²) in [7, 11) is 0. The van der Waals surface area contributed by atoms with Crippen LogP contribution in [0.4, 0.5) is 0 Å². The van der Waals surface area contributed by atoms with Crippen LogP contribution < -0.4 is 0 Å². The van der Waals surface area contributed by atoms with Crippen LogP contribution in [0.3, 0.4) is 0 Å². The van der Waals surface area contributed by atoms with Gasteiger partial charge in [0.25, 0.3) is 0 Å². The van der Waals surface area contributed by atoms with Gasteiger partial charge in [-0.2, -0.15) is 0 Å². The zero-order valence-electron chi connectivity index (χ0n) is 15.8. The van der Waals surface area contributed by atoms with Crippen LogP contribution in [0, 0.1) is 11.8 Å². The maximum Gasteiger partial charge on any atom is 0.303 e. The van der Waals surface area contributed by atoms with Crippen LogP contribution in [0.1, 0.15) is 77.6 Å².